The number of hydrogen-bond acceptors (Lipinski definition) is 4. The van der Waals surface area contributed by atoms with E-state index in [9.17, 15) is 9.59 Å². The predicted molar refractivity (Wildman–Crippen MR) is 101 cm³/mol. The molecular formula is C20H27N3O3. The molecule has 0 unspecified atom stereocenters. The SMILES string of the molecule is C[C@H](c1nc2ccccc2c(=O)[nH]1)C1CCN(C(=O)OC(C)(C)C)CC1. The quantitative estimate of drug-likeness (QED) is 0.890. The second-order valence-electron chi connectivity index (χ2n) is 8.06. The molecule has 3 rings (SSSR count). The molecule has 1 aliphatic rings. The summed E-state index contributed by atoms with van der Waals surface area (Å²) in [5, 5.41) is 0.614. The maximum Gasteiger partial charge on any atom is 0.410 e. The lowest BCUT2D eigenvalue weighted by atomic mass is 9.85. The molecule has 0 spiro atoms. The molecule has 140 valence electrons. The molecule has 1 N–H and O–H groups in total. The summed E-state index contributed by atoms with van der Waals surface area (Å²) >= 11 is 0. The van der Waals surface area contributed by atoms with Gasteiger partial charge in [-0.1, -0.05) is 19.1 Å². The standard InChI is InChI=1S/C20H27N3O3/c1-13(17-21-16-8-6-5-7-15(16)18(24)22-17)14-9-11-23(12-10-14)19(25)26-20(2,3)4/h5-8,13-14H,9-12H2,1-4H3,(H,21,22,24)/t13-/m0/s1. The van der Waals surface area contributed by atoms with E-state index in [-0.39, 0.29) is 17.6 Å². The largest absolute Gasteiger partial charge is 0.444 e. The van der Waals surface area contributed by atoms with Crippen LogP contribution in [0.2, 0.25) is 0 Å². The van der Waals surface area contributed by atoms with E-state index < -0.39 is 5.60 Å². The van der Waals surface area contributed by atoms with Gasteiger partial charge in [0, 0.05) is 19.0 Å². The van der Waals surface area contributed by atoms with Crippen molar-refractivity contribution in [3.63, 3.8) is 0 Å². The third kappa shape index (κ3) is 4.06. The summed E-state index contributed by atoms with van der Waals surface area (Å²) in [5.74, 6) is 1.23. The lowest BCUT2D eigenvalue weighted by Crippen LogP contribution is -2.42. The van der Waals surface area contributed by atoms with Gasteiger partial charge in [-0.15, -0.1) is 0 Å². The minimum atomic E-state index is -0.476. The van der Waals surface area contributed by atoms with Crippen LogP contribution in [-0.4, -0.2) is 39.7 Å². The predicted octanol–water partition coefficient (Wildman–Crippen LogP) is 3.67. The Kier molecular flexibility index (Phi) is 5.03. The van der Waals surface area contributed by atoms with Crippen molar-refractivity contribution in [1.82, 2.24) is 14.9 Å². The molecule has 1 aromatic heterocycles. The number of H-pyrrole nitrogens is 1. The topological polar surface area (TPSA) is 75.3 Å². The summed E-state index contributed by atoms with van der Waals surface area (Å²) in [5.41, 5.74) is 0.156. The van der Waals surface area contributed by atoms with Crippen molar-refractivity contribution in [3.05, 3.63) is 40.4 Å². The van der Waals surface area contributed by atoms with Crippen molar-refractivity contribution in [2.24, 2.45) is 5.92 Å². The van der Waals surface area contributed by atoms with Crippen LogP contribution in [0.25, 0.3) is 10.9 Å². The Morgan fingerprint density at radius 2 is 1.92 bits per heavy atom. The Morgan fingerprint density at radius 1 is 1.27 bits per heavy atom. The molecule has 1 aliphatic heterocycles. The Bertz CT molecular complexity index is 845. The van der Waals surface area contributed by atoms with Crippen LogP contribution in [-0.2, 0) is 4.74 Å². The summed E-state index contributed by atoms with van der Waals surface area (Å²) in [6.07, 6.45) is 1.49. The van der Waals surface area contributed by atoms with E-state index in [4.69, 9.17) is 4.74 Å². The second kappa shape index (κ2) is 7.09. The van der Waals surface area contributed by atoms with Crippen LogP contribution in [0, 0.1) is 5.92 Å². The van der Waals surface area contributed by atoms with E-state index in [1.807, 2.05) is 39.0 Å². The number of para-hydroxylation sites is 1. The Morgan fingerprint density at radius 3 is 2.58 bits per heavy atom. The summed E-state index contributed by atoms with van der Waals surface area (Å²) < 4.78 is 5.45. The number of piperidine rings is 1. The zero-order valence-corrected chi connectivity index (χ0v) is 15.9. The van der Waals surface area contributed by atoms with Gasteiger partial charge >= 0.3 is 6.09 Å². The van der Waals surface area contributed by atoms with Gasteiger partial charge in [0.25, 0.3) is 5.56 Å². The molecule has 26 heavy (non-hydrogen) atoms. The van der Waals surface area contributed by atoms with E-state index in [0.717, 1.165) is 24.2 Å². The van der Waals surface area contributed by atoms with Gasteiger partial charge in [0.15, 0.2) is 0 Å². The molecule has 2 aromatic rings. The molecule has 0 bridgehead atoms. The molecule has 6 heteroatoms. The van der Waals surface area contributed by atoms with Crippen LogP contribution in [0.1, 0.15) is 52.3 Å². The van der Waals surface area contributed by atoms with Gasteiger partial charge in [-0.2, -0.15) is 0 Å². The fourth-order valence-electron chi connectivity index (χ4n) is 3.45. The van der Waals surface area contributed by atoms with Crippen molar-refractivity contribution in [3.8, 4) is 0 Å². The molecule has 1 fully saturated rings. The monoisotopic (exact) mass is 357 g/mol. The first-order valence-electron chi connectivity index (χ1n) is 9.21. The normalized spacial score (nSPS) is 17.3. The van der Waals surface area contributed by atoms with Crippen molar-refractivity contribution in [2.75, 3.05) is 13.1 Å². The molecule has 6 nitrogen and oxygen atoms in total. The number of nitrogens with zero attached hydrogens (tertiary/aromatic N) is 2. The van der Waals surface area contributed by atoms with Crippen LogP contribution in [0.3, 0.4) is 0 Å². The van der Waals surface area contributed by atoms with Crippen molar-refractivity contribution < 1.29 is 9.53 Å². The number of rotatable bonds is 2. The highest BCUT2D eigenvalue weighted by Gasteiger charge is 2.30. The number of benzene rings is 1. The van der Waals surface area contributed by atoms with Crippen LogP contribution in [0.4, 0.5) is 4.79 Å². The number of likely N-dealkylation sites (tertiary alicyclic amines) is 1. The maximum atomic E-state index is 12.3. The van der Waals surface area contributed by atoms with Gasteiger partial charge < -0.3 is 14.6 Å². The Labute approximate surface area is 153 Å². The first-order valence-corrected chi connectivity index (χ1v) is 9.21. The molecule has 1 saturated heterocycles. The highest BCUT2D eigenvalue weighted by atomic mass is 16.6. The number of fused-ring (bicyclic) bond motifs is 1. The smallest absolute Gasteiger partial charge is 0.410 e. The van der Waals surface area contributed by atoms with E-state index in [1.54, 1.807) is 11.0 Å². The molecule has 1 atom stereocenters. The minimum Gasteiger partial charge on any atom is -0.444 e. The number of aromatic amines is 1. The van der Waals surface area contributed by atoms with Crippen LogP contribution >= 0.6 is 0 Å². The average Bonchev–Trinajstić information content (AvgIpc) is 2.60. The second-order valence-corrected chi connectivity index (χ2v) is 8.06. The van der Waals surface area contributed by atoms with Gasteiger partial charge in [0.2, 0.25) is 0 Å². The zero-order valence-electron chi connectivity index (χ0n) is 15.9. The summed E-state index contributed by atoms with van der Waals surface area (Å²) in [7, 11) is 0. The molecule has 1 aromatic carbocycles. The van der Waals surface area contributed by atoms with Crippen LogP contribution in [0.15, 0.2) is 29.1 Å². The fourth-order valence-corrected chi connectivity index (χ4v) is 3.45. The first-order chi connectivity index (χ1) is 12.2. The minimum absolute atomic E-state index is 0.0939. The molecule has 2 heterocycles. The molecule has 1 amide bonds. The van der Waals surface area contributed by atoms with Gasteiger partial charge in [0.1, 0.15) is 11.4 Å². The number of ether oxygens (including phenoxy) is 1. The van der Waals surface area contributed by atoms with Crippen molar-refractivity contribution >= 4 is 17.0 Å². The van der Waals surface area contributed by atoms with Crippen LogP contribution in [0.5, 0.6) is 0 Å². The molecule has 0 aliphatic carbocycles. The van der Waals surface area contributed by atoms with Gasteiger partial charge in [-0.05, 0) is 51.7 Å². The van der Waals surface area contributed by atoms with Gasteiger partial charge in [-0.25, -0.2) is 9.78 Å². The van der Waals surface area contributed by atoms with Crippen LogP contribution < -0.4 is 5.56 Å². The summed E-state index contributed by atoms with van der Waals surface area (Å²) in [6.45, 7) is 9.06. The van der Waals surface area contributed by atoms with E-state index in [0.29, 0.717) is 24.4 Å². The third-order valence-electron chi connectivity index (χ3n) is 4.96. The summed E-state index contributed by atoms with van der Waals surface area (Å²) in [4.78, 5) is 33.9. The number of carbonyl (C=O) groups is 1. The van der Waals surface area contributed by atoms with E-state index in [1.165, 1.54) is 0 Å². The average molecular weight is 357 g/mol. The number of nitrogens with one attached hydrogen (secondary N) is 1. The number of hydrogen-bond donors (Lipinski definition) is 1. The number of carbonyl (C=O) groups excluding carboxylic acids is 1. The van der Waals surface area contributed by atoms with Gasteiger partial charge in [-0.3, -0.25) is 4.79 Å². The fraction of sp³-hybridized carbons (Fsp3) is 0.550. The third-order valence-corrected chi connectivity index (χ3v) is 4.96. The summed E-state index contributed by atoms with van der Waals surface area (Å²) in [6, 6.07) is 7.39. The van der Waals surface area contributed by atoms with E-state index >= 15 is 0 Å². The van der Waals surface area contributed by atoms with Crippen molar-refractivity contribution in [2.45, 2.75) is 52.1 Å². The van der Waals surface area contributed by atoms with E-state index in [2.05, 4.69) is 16.9 Å². The lowest BCUT2D eigenvalue weighted by Gasteiger charge is -2.35. The molecule has 0 radical (unpaired) electrons. The molecule has 0 saturated carbocycles. The zero-order chi connectivity index (χ0) is 18.9. The van der Waals surface area contributed by atoms with Crippen molar-refractivity contribution in [1.29, 1.82) is 0 Å². The Balaban J connectivity index is 1.68. The number of amides is 1. The highest BCUT2D eigenvalue weighted by Crippen LogP contribution is 2.31. The Hall–Kier alpha value is -2.37. The lowest BCUT2D eigenvalue weighted by molar-refractivity contribution is 0.0175. The highest BCUT2D eigenvalue weighted by molar-refractivity contribution is 5.77. The molecular weight excluding hydrogens is 330 g/mol. The van der Waals surface area contributed by atoms with Gasteiger partial charge in [0.05, 0.1) is 10.9 Å². The number of aromatic nitrogens is 2. The maximum absolute atomic E-state index is 12.3. The first kappa shape index (κ1) is 18.4.